The van der Waals surface area contributed by atoms with Gasteiger partial charge < -0.3 is 26.0 Å². The molecule has 0 atom stereocenters. The zero-order valence-corrected chi connectivity index (χ0v) is 22.3. The molecule has 0 saturated heterocycles. The summed E-state index contributed by atoms with van der Waals surface area (Å²) >= 11 is 6.15. The molecule has 0 aliphatic heterocycles. The predicted molar refractivity (Wildman–Crippen MR) is 153 cm³/mol. The Morgan fingerprint density at radius 2 is 1.26 bits per heavy atom. The van der Waals surface area contributed by atoms with E-state index in [2.05, 4.69) is 50.1 Å². The number of carbonyl (C=O) groups is 1. The van der Waals surface area contributed by atoms with Gasteiger partial charge >= 0.3 is 0 Å². The van der Waals surface area contributed by atoms with Crippen LogP contribution in [0.3, 0.4) is 0 Å². The highest BCUT2D eigenvalue weighted by molar-refractivity contribution is 6.32. The van der Waals surface area contributed by atoms with Gasteiger partial charge in [-0.05, 0) is 66.4 Å². The first-order chi connectivity index (χ1) is 18.4. The zero-order valence-electron chi connectivity index (χ0n) is 21.5. The van der Waals surface area contributed by atoms with Crippen molar-refractivity contribution >= 4 is 52.4 Å². The number of halogens is 1. The summed E-state index contributed by atoms with van der Waals surface area (Å²) in [4.78, 5) is 26.0. The van der Waals surface area contributed by atoms with E-state index >= 15 is 0 Å². The molecule has 0 saturated carbocycles. The molecule has 0 unspecified atom stereocenters. The summed E-state index contributed by atoms with van der Waals surface area (Å²) in [5, 5.41) is 12.6. The average molecular weight is 532 g/mol. The van der Waals surface area contributed by atoms with Crippen molar-refractivity contribution in [2.45, 2.75) is 26.7 Å². The first kappa shape index (κ1) is 26.7. The largest absolute Gasteiger partial charge is 0.495 e. The fourth-order valence-corrected chi connectivity index (χ4v) is 3.84. The Labute approximate surface area is 227 Å². The Hall–Kier alpha value is -4.37. The maximum absolute atomic E-state index is 12.6. The van der Waals surface area contributed by atoms with Crippen molar-refractivity contribution in [3.05, 3.63) is 82.9 Å². The van der Waals surface area contributed by atoms with Gasteiger partial charge in [0.05, 0.1) is 18.7 Å². The highest BCUT2D eigenvalue weighted by Crippen LogP contribution is 2.27. The summed E-state index contributed by atoms with van der Waals surface area (Å²) in [5.74, 6) is 1.15. The van der Waals surface area contributed by atoms with Crippen molar-refractivity contribution in [2.24, 2.45) is 0 Å². The van der Waals surface area contributed by atoms with Gasteiger partial charge in [0, 0.05) is 17.1 Å². The Morgan fingerprint density at radius 3 is 1.74 bits per heavy atom. The maximum Gasteiger partial charge on any atom is 0.243 e. The van der Waals surface area contributed by atoms with Crippen LogP contribution in [0.4, 0.5) is 34.9 Å². The SMILES string of the molecule is CCc1ccc(Nc2nc(NCC(=O)Nc3ccc(OC)c(Cl)c3)nc(Nc3ccc(CC)cc3)n2)cc1. The molecule has 1 aromatic heterocycles. The van der Waals surface area contributed by atoms with E-state index in [1.54, 1.807) is 18.2 Å². The maximum atomic E-state index is 12.6. The summed E-state index contributed by atoms with van der Waals surface area (Å²) in [7, 11) is 1.53. The molecule has 38 heavy (non-hydrogen) atoms. The molecule has 0 aliphatic rings. The van der Waals surface area contributed by atoms with Gasteiger partial charge in [-0.15, -0.1) is 0 Å². The fraction of sp³-hybridized carbons (Fsp3) is 0.214. The van der Waals surface area contributed by atoms with Gasteiger partial charge in [-0.1, -0.05) is 49.7 Å². The van der Waals surface area contributed by atoms with Gasteiger partial charge in [0.15, 0.2) is 0 Å². The number of rotatable bonds is 11. The van der Waals surface area contributed by atoms with Crippen molar-refractivity contribution in [1.29, 1.82) is 0 Å². The molecular formula is C28H30ClN7O2. The molecule has 4 rings (SSSR count). The van der Waals surface area contributed by atoms with E-state index < -0.39 is 0 Å². The first-order valence-electron chi connectivity index (χ1n) is 12.3. The average Bonchev–Trinajstić information content (AvgIpc) is 2.93. The normalized spacial score (nSPS) is 10.5. The van der Waals surface area contributed by atoms with Crippen LogP contribution in [0.2, 0.25) is 5.02 Å². The zero-order chi connectivity index (χ0) is 26.9. The van der Waals surface area contributed by atoms with Crippen LogP contribution in [0.25, 0.3) is 0 Å². The molecule has 0 fully saturated rings. The number of amides is 1. The van der Waals surface area contributed by atoms with E-state index in [-0.39, 0.29) is 18.4 Å². The minimum atomic E-state index is -0.291. The van der Waals surface area contributed by atoms with E-state index in [4.69, 9.17) is 16.3 Å². The Kier molecular flexibility index (Phi) is 8.94. The second-order valence-corrected chi connectivity index (χ2v) is 8.82. The van der Waals surface area contributed by atoms with E-state index in [0.29, 0.717) is 28.4 Å². The molecule has 1 heterocycles. The fourth-order valence-electron chi connectivity index (χ4n) is 3.58. The van der Waals surface area contributed by atoms with Crippen LogP contribution in [0.5, 0.6) is 5.75 Å². The third-order valence-corrected chi connectivity index (χ3v) is 6.01. The lowest BCUT2D eigenvalue weighted by molar-refractivity contribution is -0.114. The van der Waals surface area contributed by atoms with Gasteiger partial charge in [0.1, 0.15) is 5.75 Å². The predicted octanol–water partition coefficient (Wildman–Crippen LogP) is 6.20. The topological polar surface area (TPSA) is 113 Å². The Morgan fingerprint density at radius 1 is 0.763 bits per heavy atom. The molecule has 4 aromatic rings. The molecule has 10 heteroatoms. The lowest BCUT2D eigenvalue weighted by Crippen LogP contribution is -2.23. The van der Waals surface area contributed by atoms with Crippen molar-refractivity contribution in [1.82, 2.24) is 15.0 Å². The summed E-state index contributed by atoms with van der Waals surface area (Å²) in [6, 6.07) is 21.1. The number of anilines is 6. The number of hydrogen-bond acceptors (Lipinski definition) is 8. The van der Waals surface area contributed by atoms with Gasteiger partial charge in [0.2, 0.25) is 23.8 Å². The smallest absolute Gasteiger partial charge is 0.243 e. The van der Waals surface area contributed by atoms with Gasteiger partial charge in [-0.3, -0.25) is 4.79 Å². The molecule has 3 aromatic carbocycles. The number of aromatic nitrogens is 3. The summed E-state index contributed by atoms with van der Waals surface area (Å²) < 4.78 is 5.15. The minimum Gasteiger partial charge on any atom is -0.495 e. The quantitative estimate of drug-likeness (QED) is 0.181. The monoisotopic (exact) mass is 531 g/mol. The van der Waals surface area contributed by atoms with Crippen LogP contribution < -0.4 is 26.0 Å². The molecule has 196 valence electrons. The molecular weight excluding hydrogens is 502 g/mol. The summed E-state index contributed by atoms with van der Waals surface area (Å²) in [6.07, 6.45) is 1.91. The molecule has 1 amide bonds. The van der Waals surface area contributed by atoms with Crippen LogP contribution in [0, 0.1) is 0 Å². The standard InChI is InChI=1S/C28H30ClN7O2/c1-4-18-6-10-20(11-7-18)32-27-34-26(35-28(36-27)33-21-12-8-19(5-2)9-13-21)30-17-25(37)31-22-14-15-24(38-3)23(29)16-22/h6-16H,4-5,17H2,1-3H3,(H,31,37)(H3,30,32,33,34,35,36). The molecule has 9 nitrogen and oxygen atoms in total. The number of nitrogens with zero attached hydrogens (tertiary/aromatic N) is 3. The van der Waals surface area contributed by atoms with E-state index in [0.717, 1.165) is 24.2 Å². The first-order valence-corrected chi connectivity index (χ1v) is 12.7. The van der Waals surface area contributed by atoms with Crippen LogP contribution in [0.15, 0.2) is 66.7 Å². The minimum absolute atomic E-state index is 0.0665. The van der Waals surface area contributed by atoms with E-state index in [1.807, 2.05) is 48.5 Å². The number of ether oxygens (including phenoxy) is 1. The lowest BCUT2D eigenvalue weighted by atomic mass is 10.1. The Balaban J connectivity index is 1.50. The molecule has 0 radical (unpaired) electrons. The third kappa shape index (κ3) is 7.33. The van der Waals surface area contributed by atoms with Gasteiger partial charge in [-0.2, -0.15) is 15.0 Å². The molecule has 4 N–H and O–H groups in total. The number of nitrogens with one attached hydrogen (secondary N) is 4. The van der Waals surface area contributed by atoms with E-state index in [9.17, 15) is 4.79 Å². The van der Waals surface area contributed by atoms with Crippen molar-refractivity contribution < 1.29 is 9.53 Å². The second-order valence-electron chi connectivity index (χ2n) is 8.41. The highest BCUT2D eigenvalue weighted by atomic mass is 35.5. The van der Waals surface area contributed by atoms with Crippen molar-refractivity contribution in [3.63, 3.8) is 0 Å². The second kappa shape index (κ2) is 12.7. The van der Waals surface area contributed by atoms with E-state index in [1.165, 1.54) is 18.2 Å². The van der Waals surface area contributed by atoms with Crippen LogP contribution >= 0.6 is 11.6 Å². The number of benzene rings is 3. The number of methoxy groups -OCH3 is 1. The summed E-state index contributed by atoms with van der Waals surface area (Å²) in [6.45, 7) is 4.15. The van der Waals surface area contributed by atoms with Gasteiger partial charge in [0.25, 0.3) is 0 Å². The van der Waals surface area contributed by atoms with Crippen LogP contribution in [-0.2, 0) is 17.6 Å². The molecule has 0 bridgehead atoms. The lowest BCUT2D eigenvalue weighted by Gasteiger charge is -2.12. The molecule has 0 spiro atoms. The van der Waals surface area contributed by atoms with Crippen LogP contribution in [-0.4, -0.2) is 34.5 Å². The third-order valence-electron chi connectivity index (χ3n) is 5.71. The van der Waals surface area contributed by atoms with Crippen molar-refractivity contribution in [3.8, 4) is 5.75 Å². The van der Waals surface area contributed by atoms with Gasteiger partial charge in [-0.25, -0.2) is 0 Å². The Bertz CT molecular complexity index is 1310. The molecule has 0 aliphatic carbocycles. The van der Waals surface area contributed by atoms with Crippen LogP contribution in [0.1, 0.15) is 25.0 Å². The number of aryl methyl sites for hydroxylation is 2. The number of hydrogen-bond donors (Lipinski definition) is 4. The highest BCUT2D eigenvalue weighted by Gasteiger charge is 2.11. The summed E-state index contributed by atoms with van der Waals surface area (Å²) in [5.41, 5.74) is 4.69. The number of carbonyl (C=O) groups excluding carboxylic acids is 1. The van der Waals surface area contributed by atoms with Crippen molar-refractivity contribution in [2.75, 3.05) is 34.9 Å².